The Kier molecular flexibility index (Phi) is 10.5. The number of hydrogen-bond donors (Lipinski definition) is 1. The Bertz CT molecular complexity index is 1070. The van der Waals surface area contributed by atoms with Gasteiger partial charge >= 0.3 is 0 Å². The Labute approximate surface area is 231 Å². The minimum Gasteiger partial charge on any atom is -0.385 e. The van der Waals surface area contributed by atoms with Crippen LogP contribution in [0.1, 0.15) is 48.8 Å². The Morgan fingerprint density at radius 1 is 0.641 bits per heavy atom. The summed E-state index contributed by atoms with van der Waals surface area (Å²) in [6.45, 7) is 1.47. The fourth-order valence-electron chi connectivity index (χ4n) is 5.32. The number of aliphatic hydroxyl groups excluding tert-OH is 1. The van der Waals surface area contributed by atoms with Crippen molar-refractivity contribution in [2.45, 2.75) is 88.7 Å². The molecule has 3 aromatic carbocycles. The van der Waals surface area contributed by atoms with Gasteiger partial charge in [-0.15, -0.1) is 0 Å². The Morgan fingerprint density at radius 3 is 1.72 bits per heavy atom. The van der Waals surface area contributed by atoms with Crippen molar-refractivity contribution in [3.05, 3.63) is 108 Å². The standard InChI is InChI=1S/C33H40O6/c34-30-32(37-23-27-17-9-3-10-18-27)31(36-22-26-15-7-2-8-16-26)29(24-35-21-25-13-5-1-6-14-25)39-33(30)38-28-19-11-4-12-20-28/h1-3,5-10,13-18,28-34H,4,11-12,19-24H2/t29-,30-,31-,32-,33-/m1/s1. The van der Waals surface area contributed by atoms with Crippen LogP contribution in [0.3, 0.4) is 0 Å². The molecule has 0 aromatic heterocycles. The van der Waals surface area contributed by atoms with Crippen LogP contribution in [-0.4, -0.2) is 48.5 Å². The van der Waals surface area contributed by atoms with E-state index < -0.39 is 30.7 Å². The molecular weight excluding hydrogens is 492 g/mol. The molecule has 208 valence electrons. The van der Waals surface area contributed by atoms with Gasteiger partial charge in [-0.05, 0) is 29.5 Å². The summed E-state index contributed by atoms with van der Waals surface area (Å²) in [6, 6.07) is 30.0. The zero-order valence-electron chi connectivity index (χ0n) is 22.5. The highest BCUT2D eigenvalue weighted by atomic mass is 16.7. The van der Waals surface area contributed by atoms with Gasteiger partial charge in [0.25, 0.3) is 0 Å². The first kappa shape index (κ1) is 28.0. The molecule has 0 unspecified atom stereocenters. The largest absolute Gasteiger partial charge is 0.385 e. The summed E-state index contributed by atoms with van der Waals surface area (Å²) >= 11 is 0. The van der Waals surface area contributed by atoms with Crippen LogP contribution in [0.25, 0.3) is 0 Å². The summed E-state index contributed by atoms with van der Waals surface area (Å²) in [6.07, 6.45) is 2.03. The average molecular weight is 533 g/mol. The molecule has 2 fully saturated rings. The zero-order chi connectivity index (χ0) is 26.7. The zero-order valence-corrected chi connectivity index (χ0v) is 22.5. The second-order valence-electron chi connectivity index (χ2n) is 10.5. The lowest BCUT2D eigenvalue weighted by Gasteiger charge is -2.45. The number of benzene rings is 3. The minimum absolute atomic E-state index is 0.0702. The molecular formula is C33H40O6. The molecule has 6 nitrogen and oxygen atoms in total. The van der Waals surface area contributed by atoms with E-state index in [9.17, 15) is 5.11 Å². The van der Waals surface area contributed by atoms with Crippen LogP contribution >= 0.6 is 0 Å². The molecule has 1 aliphatic heterocycles. The van der Waals surface area contributed by atoms with Gasteiger partial charge in [0.15, 0.2) is 6.29 Å². The van der Waals surface area contributed by atoms with Gasteiger partial charge in [0.2, 0.25) is 0 Å². The van der Waals surface area contributed by atoms with Crippen LogP contribution in [0.5, 0.6) is 0 Å². The molecule has 0 amide bonds. The first-order valence-electron chi connectivity index (χ1n) is 14.2. The van der Waals surface area contributed by atoms with Gasteiger partial charge in [-0.3, -0.25) is 0 Å². The highest BCUT2D eigenvalue weighted by Gasteiger charge is 2.48. The van der Waals surface area contributed by atoms with Crippen LogP contribution in [-0.2, 0) is 43.5 Å². The van der Waals surface area contributed by atoms with E-state index in [2.05, 4.69) is 0 Å². The first-order chi connectivity index (χ1) is 19.3. The second kappa shape index (κ2) is 14.7. The molecule has 6 heteroatoms. The summed E-state index contributed by atoms with van der Waals surface area (Å²) in [7, 11) is 0. The van der Waals surface area contributed by atoms with Crippen molar-refractivity contribution in [1.82, 2.24) is 0 Å². The van der Waals surface area contributed by atoms with Crippen molar-refractivity contribution in [3.63, 3.8) is 0 Å². The van der Waals surface area contributed by atoms with Gasteiger partial charge in [0.1, 0.15) is 24.4 Å². The SMILES string of the molecule is O[C@H]1[C@H](OC2CCCCC2)O[C@H](COCc2ccccc2)[C@@H](OCc2ccccc2)[C@@H]1OCc1ccccc1. The fourth-order valence-corrected chi connectivity index (χ4v) is 5.32. The number of aliphatic hydroxyl groups is 1. The maximum absolute atomic E-state index is 11.5. The summed E-state index contributed by atoms with van der Waals surface area (Å²) in [5.74, 6) is 0. The van der Waals surface area contributed by atoms with Crippen molar-refractivity contribution < 1.29 is 28.8 Å². The lowest BCUT2D eigenvalue weighted by Crippen LogP contribution is -2.61. The highest BCUT2D eigenvalue weighted by molar-refractivity contribution is 5.15. The smallest absolute Gasteiger partial charge is 0.186 e. The van der Waals surface area contributed by atoms with Gasteiger partial charge in [0.05, 0.1) is 32.5 Å². The molecule has 1 heterocycles. The predicted octanol–water partition coefficient (Wildman–Crippen LogP) is 5.81. The van der Waals surface area contributed by atoms with Gasteiger partial charge in [-0.2, -0.15) is 0 Å². The molecule has 0 radical (unpaired) electrons. The molecule has 39 heavy (non-hydrogen) atoms. The summed E-state index contributed by atoms with van der Waals surface area (Å²) in [4.78, 5) is 0. The number of ether oxygens (including phenoxy) is 5. The van der Waals surface area contributed by atoms with Crippen molar-refractivity contribution in [3.8, 4) is 0 Å². The van der Waals surface area contributed by atoms with Crippen molar-refractivity contribution in [1.29, 1.82) is 0 Å². The van der Waals surface area contributed by atoms with Crippen molar-refractivity contribution in [2.24, 2.45) is 0 Å². The topological polar surface area (TPSA) is 66.4 Å². The third-order valence-electron chi connectivity index (χ3n) is 7.46. The number of rotatable bonds is 12. The lowest BCUT2D eigenvalue weighted by atomic mass is 9.96. The van der Waals surface area contributed by atoms with Crippen LogP contribution in [0, 0.1) is 0 Å². The van der Waals surface area contributed by atoms with Gasteiger partial charge in [-0.1, -0.05) is 110 Å². The molecule has 0 spiro atoms. The summed E-state index contributed by atoms with van der Waals surface area (Å²) in [5.41, 5.74) is 3.15. The van der Waals surface area contributed by atoms with E-state index in [0.717, 1.165) is 42.4 Å². The monoisotopic (exact) mass is 532 g/mol. The fraction of sp³-hybridized carbons (Fsp3) is 0.455. The summed E-state index contributed by atoms with van der Waals surface area (Å²) < 4.78 is 31.8. The third-order valence-corrected chi connectivity index (χ3v) is 7.46. The maximum atomic E-state index is 11.5. The normalized spacial score (nSPS) is 25.9. The molecule has 1 aliphatic carbocycles. The molecule has 1 saturated carbocycles. The predicted molar refractivity (Wildman–Crippen MR) is 149 cm³/mol. The van der Waals surface area contributed by atoms with Gasteiger partial charge in [-0.25, -0.2) is 0 Å². The van der Waals surface area contributed by atoms with E-state index in [4.69, 9.17) is 23.7 Å². The van der Waals surface area contributed by atoms with Crippen LogP contribution < -0.4 is 0 Å². The third kappa shape index (κ3) is 8.21. The Balaban J connectivity index is 1.34. The molecule has 5 atom stereocenters. The van der Waals surface area contributed by atoms with E-state index in [0.29, 0.717) is 19.8 Å². The molecule has 5 rings (SSSR count). The van der Waals surface area contributed by atoms with E-state index in [1.54, 1.807) is 0 Å². The average Bonchev–Trinajstić information content (AvgIpc) is 2.99. The molecule has 1 saturated heterocycles. The van der Waals surface area contributed by atoms with Crippen LogP contribution in [0.15, 0.2) is 91.0 Å². The highest BCUT2D eigenvalue weighted by Crippen LogP contribution is 2.31. The van der Waals surface area contributed by atoms with E-state index in [1.165, 1.54) is 6.42 Å². The summed E-state index contributed by atoms with van der Waals surface area (Å²) in [5, 5.41) is 11.5. The van der Waals surface area contributed by atoms with E-state index >= 15 is 0 Å². The first-order valence-corrected chi connectivity index (χ1v) is 14.2. The minimum atomic E-state index is -0.998. The second-order valence-corrected chi connectivity index (χ2v) is 10.5. The van der Waals surface area contributed by atoms with E-state index in [-0.39, 0.29) is 12.7 Å². The molecule has 3 aromatic rings. The van der Waals surface area contributed by atoms with E-state index in [1.807, 2.05) is 91.0 Å². The van der Waals surface area contributed by atoms with Gasteiger partial charge < -0.3 is 28.8 Å². The van der Waals surface area contributed by atoms with Crippen molar-refractivity contribution in [2.75, 3.05) is 6.61 Å². The maximum Gasteiger partial charge on any atom is 0.186 e. The Hall–Kier alpha value is -2.58. The molecule has 2 aliphatic rings. The lowest BCUT2D eigenvalue weighted by molar-refractivity contribution is -0.328. The Morgan fingerprint density at radius 2 is 1.15 bits per heavy atom. The van der Waals surface area contributed by atoms with Crippen molar-refractivity contribution >= 4 is 0 Å². The number of hydrogen-bond acceptors (Lipinski definition) is 6. The molecule has 1 N–H and O–H groups in total. The quantitative estimate of drug-likeness (QED) is 0.318. The van der Waals surface area contributed by atoms with Gasteiger partial charge in [0, 0.05) is 0 Å². The van der Waals surface area contributed by atoms with Crippen LogP contribution in [0.4, 0.5) is 0 Å². The van der Waals surface area contributed by atoms with Crippen LogP contribution in [0.2, 0.25) is 0 Å². The molecule has 0 bridgehead atoms.